The number of β-amino-alcohol motifs (C(OH)–C–C–N with tert-alkyl or cyclic N) is 1. The van der Waals surface area contributed by atoms with E-state index in [2.05, 4.69) is 30.2 Å². The van der Waals surface area contributed by atoms with E-state index in [1.165, 1.54) is 4.90 Å². The molecule has 2 bridgehead atoms. The van der Waals surface area contributed by atoms with Crippen molar-refractivity contribution in [3.8, 4) is 33.5 Å². The number of carbonyl (C=O) groups excluding carboxylic acids is 3. The Labute approximate surface area is 480 Å². The van der Waals surface area contributed by atoms with Gasteiger partial charge in [0.1, 0.15) is 41.3 Å². The van der Waals surface area contributed by atoms with Crippen molar-refractivity contribution in [3.05, 3.63) is 101 Å². The third-order valence-electron chi connectivity index (χ3n) is 18.0. The first-order valence-corrected chi connectivity index (χ1v) is 30.0. The smallest absolute Gasteiger partial charge is 0.319 e. The van der Waals surface area contributed by atoms with Crippen molar-refractivity contribution in [3.63, 3.8) is 0 Å². The molecule has 0 saturated carbocycles. The molecule has 12 rings (SSSR count). The van der Waals surface area contributed by atoms with Crippen molar-refractivity contribution in [2.75, 3.05) is 68.8 Å². The minimum atomic E-state index is -0.823. The maximum Gasteiger partial charge on any atom is 0.319 e. The van der Waals surface area contributed by atoms with Crippen LogP contribution < -0.4 is 19.9 Å². The first-order valence-electron chi connectivity index (χ1n) is 29.2. The lowest BCUT2D eigenvalue weighted by Crippen LogP contribution is -2.53. The molecular formula is C62H72FN11O7S. The molecule has 0 spiro atoms. The van der Waals surface area contributed by atoms with E-state index in [0.717, 1.165) is 103 Å². The number of piperazine rings is 1. The summed E-state index contributed by atoms with van der Waals surface area (Å²) >= 11 is 1.59. The Morgan fingerprint density at radius 3 is 2.41 bits per heavy atom. The third kappa shape index (κ3) is 10.8. The predicted molar refractivity (Wildman–Crippen MR) is 312 cm³/mol. The van der Waals surface area contributed by atoms with Crippen molar-refractivity contribution in [1.82, 2.24) is 45.1 Å². The Bertz CT molecular complexity index is 3480. The molecule has 3 aromatic carbocycles. The number of nitrogens with one attached hydrogen (secondary N) is 1. The molecule has 2 unspecified atom stereocenters. The van der Waals surface area contributed by atoms with E-state index in [1.54, 1.807) is 29.7 Å². The Balaban J connectivity index is 0.646. The lowest BCUT2D eigenvalue weighted by molar-refractivity contribution is -0.141. The van der Waals surface area contributed by atoms with Gasteiger partial charge >= 0.3 is 6.01 Å². The number of aromatic nitrogens is 5. The van der Waals surface area contributed by atoms with Crippen molar-refractivity contribution < 1.29 is 38.2 Å². The fourth-order valence-corrected chi connectivity index (χ4v) is 14.4. The number of pyridine rings is 1. The fraction of sp³-hybridized carbons (Fsp3) is 0.484. The number of benzene rings is 3. The lowest BCUT2D eigenvalue weighted by Gasteiger charge is -2.42. The van der Waals surface area contributed by atoms with Gasteiger partial charge in [0, 0.05) is 75.6 Å². The summed E-state index contributed by atoms with van der Waals surface area (Å²) in [6.07, 6.45) is 7.62. The molecular weight excluding hydrogens is 1060 g/mol. The Hall–Kier alpha value is -7.29. The number of phenols is 1. The van der Waals surface area contributed by atoms with Gasteiger partial charge in [-0.2, -0.15) is 9.97 Å². The van der Waals surface area contributed by atoms with Crippen LogP contribution in [0, 0.1) is 30.5 Å². The zero-order valence-electron chi connectivity index (χ0n) is 47.2. The van der Waals surface area contributed by atoms with Gasteiger partial charge in [-0.1, -0.05) is 68.4 Å². The normalized spacial score (nSPS) is 21.4. The summed E-state index contributed by atoms with van der Waals surface area (Å²) in [4.78, 5) is 70.2. The summed E-state index contributed by atoms with van der Waals surface area (Å²) in [5.41, 5.74) is 6.51. The van der Waals surface area contributed by atoms with Crippen LogP contribution in [0.15, 0.2) is 76.9 Å². The van der Waals surface area contributed by atoms with Gasteiger partial charge < -0.3 is 44.4 Å². The number of aliphatic hydroxyl groups is 1. The van der Waals surface area contributed by atoms with Crippen molar-refractivity contribution in [1.29, 1.82) is 0 Å². The zero-order valence-corrected chi connectivity index (χ0v) is 48.0. The van der Waals surface area contributed by atoms with Crippen LogP contribution in [-0.4, -0.2) is 151 Å². The molecule has 3 N–H and O–H groups in total. The fourth-order valence-electron chi connectivity index (χ4n) is 13.5. The lowest BCUT2D eigenvalue weighted by atomic mass is 9.83. The van der Waals surface area contributed by atoms with E-state index in [0.29, 0.717) is 72.8 Å². The Kier molecular flexibility index (Phi) is 15.6. The van der Waals surface area contributed by atoms with Crippen LogP contribution in [0.4, 0.5) is 16.0 Å². The standard InChI is InChI=1S/C62H72FN11O7S/c1-6-40-8-7-9-43-23-46(76)24-48(54(40)43)56-55(63)57-49(27-64-56)59(72-30-44-14-15-45(31-72)74(44)34-75)68-62(67-57)80-21-20-70-18-16-38(17-19-70)22-39-28-71(29-39)52-26-51(81-69-52)53(35(2)3)61(79)73-32-47(77)25-50(73)60(78)66-36(4)41-10-12-42(13-11-41)58-37(5)65-33-82-58/h7-13,23-24,26-27,33-36,38-39,44-45,47,50,53,76-77H,6,14-22,25,28-32H2,1-5H3,(H,66,78)/t36-,44?,45?,47+,50-,53-/m0/s1. The van der Waals surface area contributed by atoms with Crippen LogP contribution in [0.3, 0.4) is 0 Å². The van der Waals surface area contributed by atoms with E-state index < -0.39 is 23.9 Å². The highest BCUT2D eigenvalue weighted by Gasteiger charge is 2.45. The number of phenolic OH excluding ortho intramolecular Hbond substituents is 1. The third-order valence-corrected chi connectivity index (χ3v) is 19.0. The largest absolute Gasteiger partial charge is 0.508 e. The van der Waals surface area contributed by atoms with E-state index >= 15 is 4.39 Å². The molecule has 5 aliphatic rings. The van der Waals surface area contributed by atoms with Gasteiger partial charge in [-0.25, -0.2) is 9.37 Å². The van der Waals surface area contributed by atoms with Gasteiger partial charge in [-0.05, 0) is 123 Å². The molecule has 430 valence electrons. The van der Waals surface area contributed by atoms with Crippen LogP contribution >= 0.6 is 11.3 Å². The number of amides is 3. The average Bonchev–Trinajstić information content (AvgIpc) is 4.37. The van der Waals surface area contributed by atoms with Crippen LogP contribution in [0.2, 0.25) is 0 Å². The number of hydrogen-bond donors (Lipinski definition) is 3. The molecule has 4 aromatic heterocycles. The molecule has 0 aliphatic carbocycles. The van der Waals surface area contributed by atoms with Gasteiger partial charge in [-0.3, -0.25) is 24.3 Å². The summed E-state index contributed by atoms with van der Waals surface area (Å²) < 4.78 is 29.5. The number of likely N-dealkylation sites (tertiary alicyclic amines) is 2. The number of carbonyl (C=O) groups is 3. The molecule has 18 nitrogen and oxygen atoms in total. The topological polar surface area (TPSA) is 207 Å². The summed E-state index contributed by atoms with van der Waals surface area (Å²) in [6, 6.07) is 18.1. The van der Waals surface area contributed by atoms with Crippen LogP contribution in [0.25, 0.3) is 43.4 Å². The number of halogens is 1. The summed E-state index contributed by atoms with van der Waals surface area (Å²) in [6.45, 7) is 15.6. The number of piperidine rings is 1. The SMILES string of the molecule is CCc1cccc2cc(O)cc(-c3ncc4c(N5CC6CCC(C5)N6C=O)nc(OCCN5CCC(CC6CN(c7cc([C@@H](C(=O)N8C[C@H](O)C[C@H]8C(=O)N[C@@H](C)c8ccc(-c9scnc9C)cc8)C(C)C)on7)C6)CC5)nc4c3F)c12. The molecule has 5 saturated heterocycles. The molecule has 5 aliphatic heterocycles. The second-order valence-electron chi connectivity index (χ2n) is 23.7. The van der Waals surface area contributed by atoms with E-state index in [4.69, 9.17) is 24.2 Å². The first-order chi connectivity index (χ1) is 39.7. The quantitative estimate of drug-likeness (QED) is 0.0688. The first kappa shape index (κ1) is 55.3. The maximum absolute atomic E-state index is 17.2. The Morgan fingerprint density at radius 2 is 1.71 bits per heavy atom. The van der Waals surface area contributed by atoms with E-state index in [1.807, 2.05) is 93.6 Å². The number of aliphatic hydroxyl groups excluding tert-OH is 1. The molecule has 7 aromatic rings. The van der Waals surface area contributed by atoms with Gasteiger partial charge in [0.15, 0.2) is 17.4 Å². The second-order valence-corrected chi connectivity index (χ2v) is 24.5. The predicted octanol–water partition coefficient (Wildman–Crippen LogP) is 8.68. The number of hydrogen-bond acceptors (Lipinski definition) is 16. The van der Waals surface area contributed by atoms with Crippen molar-refractivity contribution in [2.24, 2.45) is 17.8 Å². The molecule has 3 amide bonds. The van der Waals surface area contributed by atoms with Gasteiger partial charge in [0.25, 0.3) is 0 Å². The number of nitrogens with zero attached hydrogens (tertiary/aromatic N) is 10. The average molecular weight is 1130 g/mol. The van der Waals surface area contributed by atoms with Crippen LogP contribution in [-0.2, 0) is 20.8 Å². The molecule has 20 heteroatoms. The Morgan fingerprint density at radius 1 is 0.939 bits per heavy atom. The number of fused-ring (bicyclic) bond motifs is 4. The molecule has 0 radical (unpaired) electrons. The zero-order chi connectivity index (χ0) is 56.9. The minimum Gasteiger partial charge on any atom is -0.508 e. The van der Waals surface area contributed by atoms with Gasteiger partial charge in [0.2, 0.25) is 18.2 Å². The maximum atomic E-state index is 17.2. The van der Waals surface area contributed by atoms with Crippen LogP contribution in [0.1, 0.15) is 101 Å². The number of anilines is 2. The summed E-state index contributed by atoms with van der Waals surface area (Å²) in [5, 5.41) is 31.2. The molecule has 6 atom stereocenters. The van der Waals surface area contributed by atoms with Gasteiger partial charge in [-0.15, -0.1) is 11.3 Å². The highest BCUT2D eigenvalue weighted by Crippen LogP contribution is 2.41. The monoisotopic (exact) mass is 1130 g/mol. The summed E-state index contributed by atoms with van der Waals surface area (Å²) in [5.74, 6) is 0.773. The van der Waals surface area contributed by atoms with Crippen molar-refractivity contribution in [2.45, 2.75) is 116 Å². The van der Waals surface area contributed by atoms with Crippen LogP contribution in [0.5, 0.6) is 11.8 Å². The number of thiazole rings is 1. The summed E-state index contributed by atoms with van der Waals surface area (Å²) in [7, 11) is 0. The van der Waals surface area contributed by atoms with E-state index in [-0.39, 0.29) is 71.8 Å². The minimum absolute atomic E-state index is 0.0181. The number of ether oxygens (including phenoxy) is 1. The molecule has 82 heavy (non-hydrogen) atoms. The number of aromatic hydroxyl groups is 1. The van der Waals surface area contributed by atoms with Gasteiger partial charge in [0.05, 0.1) is 33.6 Å². The number of rotatable bonds is 18. The highest BCUT2D eigenvalue weighted by atomic mass is 32.1. The molecule has 9 heterocycles. The van der Waals surface area contributed by atoms with Crippen molar-refractivity contribution >= 4 is 62.9 Å². The molecule has 5 fully saturated rings. The second kappa shape index (κ2) is 23.2. The highest BCUT2D eigenvalue weighted by molar-refractivity contribution is 7.13. The number of aryl methyl sites for hydroxylation is 2. The van der Waals surface area contributed by atoms with E-state index in [9.17, 15) is 24.6 Å².